The van der Waals surface area contributed by atoms with E-state index in [1.165, 1.54) is 11.1 Å². The van der Waals surface area contributed by atoms with E-state index >= 15 is 0 Å². The van der Waals surface area contributed by atoms with Gasteiger partial charge in [0.25, 0.3) is 0 Å². The predicted molar refractivity (Wildman–Crippen MR) is 98.3 cm³/mol. The van der Waals surface area contributed by atoms with Crippen LogP contribution in [0.25, 0.3) is 0 Å². The first-order chi connectivity index (χ1) is 12.2. The third kappa shape index (κ3) is 5.18. The molecular formula is C19H30N4O2. The van der Waals surface area contributed by atoms with E-state index in [-0.39, 0.29) is 0 Å². The molecule has 0 aliphatic carbocycles. The lowest BCUT2D eigenvalue weighted by Crippen LogP contribution is -2.08. The lowest BCUT2D eigenvalue weighted by molar-refractivity contribution is 0.318. The number of hydrogen-bond donors (Lipinski definition) is 0. The van der Waals surface area contributed by atoms with E-state index in [1.54, 1.807) is 0 Å². The standard InChI is InChI=1S/C19H30N4O2/c1-5-9-12-23-19(20-21-22-23)11-10-16-13-15(6-2)17(24-7-3)14-18(16)25-8-4/h13-14H,5-12H2,1-4H3. The highest BCUT2D eigenvalue weighted by molar-refractivity contribution is 5.47. The molecule has 2 aromatic rings. The van der Waals surface area contributed by atoms with E-state index in [9.17, 15) is 0 Å². The first kappa shape index (κ1) is 19.2. The Hall–Kier alpha value is -2.11. The molecule has 0 spiro atoms. The van der Waals surface area contributed by atoms with Gasteiger partial charge in [-0.1, -0.05) is 20.3 Å². The van der Waals surface area contributed by atoms with Crippen molar-refractivity contribution in [2.45, 2.75) is 66.3 Å². The van der Waals surface area contributed by atoms with Gasteiger partial charge in [0.05, 0.1) is 13.2 Å². The molecule has 0 aliphatic rings. The second kappa shape index (κ2) is 10.0. The van der Waals surface area contributed by atoms with Crippen molar-refractivity contribution in [3.8, 4) is 11.5 Å². The van der Waals surface area contributed by atoms with Gasteiger partial charge in [-0.15, -0.1) is 5.10 Å². The number of benzene rings is 1. The molecule has 0 radical (unpaired) electrons. The van der Waals surface area contributed by atoms with Crippen molar-refractivity contribution in [3.05, 3.63) is 29.1 Å². The summed E-state index contributed by atoms with van der Waals surface area (Å²) >= 11 is 0. The summed E-state index contributed by atoms with van der Waals surface area (Å²) in [5.41, 5.74) is 2.40. The van der Waals surface area contributed by atoms with Gasteiger partial charge in [0.1, 0.15) is 11.5 Å². The first-order valence-electron chi connectivity index (χ1n) is 9.39. The molecule has 0 unspecified atom stereocenters. The van der Waals surface area contributed by atoms with Gasteiger partial charge < -0.3 is 9.47 Å². The van der Waals surface area contributed by atoms with Crippen LogP contribution in [0, 0.1) is 0 Å². The summed E-state index contributed by atoms with van der Waals surface area (Å²) in [7, 11) is 0. The molecular weight excluding hydrogens is 316 g/mol. The minimum atomic E-state index is 0.637. The molecule has 1 aromatic heterocycles. The number of ether oxygens (including phenoxy) is 2. The van der Waals surface area contributed by atoms with Gasteiger partial charge in [-0.2, -0.15) is 0 Å². The maximum atomic E-state index is 5.85. The summed E-state index contributed by atoms with van der Waals surface area (Å²) < 4.78 is 13.5. The average molecular weight is 346 g/mol. The van der Waals surface area contributed by atoms with E-state index in [0.29, 0.717) is 13.2 Å². The maximum absolute atomic E-state index is 5.85. The van der Waals surface area contributed by atoms with Gasteiger partial charge in [-0.25, -0.2) is 4.68 Å². The second-order valence-electron chi connectivity index (χ2n) is 5.96. The van der Waals surface area contributed by atoms with Gasteiger partial charge in [0, 0.05) is 19.0 Å². The van der Waals surface area contributed by atoms with Gasteiger partial charge in [0.15, 0.2) is 5.82 Å². The summed E-state index contributed by atoms with van der Waals surface area (Å²) in [5, 5.41) is 12.1. The molecule has 0 N–H and O–H groups in total. The lowest BCUT2D eigenvalue weighted by Gasteiger charge is -2.16. The van der Waals surface area contributed by atoms with Gasteiger partial charge in [-0.05, 0) is 60.7 Å². The maximum Gasteiger partial charge on any atom is 0.151 e. The molecule has 0 fully saturated rings. The highest BCUT2D eigenvalue weighted by Crippen LogP contribution is 2.31. The Labute approximate surface area is 150 Å². The summed E-state index contributed by atoms with van der Waals surface area (Å²) in [5.74, 6) is 2.75. The minimum Gasteiger partial charge on any atom is -0.493 e. The molecule has 2 rings (SSSR count). The fraction of sp³-hybridized carbons (Fsp3) is 0.632. The van der Waals surface area contributed by atoms with Crippen molar-refractivity contribution in [1.82, 2.24) is 20.2 Å². The zero-order valence-corrected chi connectivity index (χ0v) is 15.9. The Morgan fingerprint density at radius 2 is 1.64 bits per heavy atom. The fourth-order valence-electron chi connectivity index (χ4n) is 2.84. The first-order valence-corrected chi connectivity index (χ1v) is 9.39. The largest absolute Gasteiger partial charge is 0.493 e. The van der Waals surface area contributed by atoms with E-state index in [0.717, 1.165) is 56.0 Å². The molecule has 25 heavy (non-hydrogen) atoms. The Morgan fingerprint density at radius 3 is 2.28 bits per heavy atom. The smallest absolute Gasteiger partial charge is 0.151 e. The van der Waals surface area contributed by atoms with E-state index in [1.807, 2.05) is 24.6 Å². The van der Waals surface area contributed by atoms with Crippen LogP contribution in [-0.4, -0.2) is 33.4 Å². The normalized spacial score (nSPS) is 10.9. The van der Waals surface area contributed by atoms with E-state index < -0.39 is 0 Å². The minimum absolute atomic E-state index is 0.637. The van der Waals surface area contributed by atoms with Crippen LogP contribution in [0.5, 0.6) is 11.5 Å². The average Bonchev–Trinajstić information content (AvgIpc) is 3.07. The topological polar surface area (TPSA) is 62.1 Å². The highest BCUT2D eigenvalue weighted by atomic mass is 16.5. The summed E-state index contributed by atoms with van der Waals surface area (Å²) in [4.78, 5) is 0. The van der Waals surface area contributed by atoms with Crippen LogP contribution >= 0.6 is 0 Å². The monoisotopic (exact) mass is 346 g/mol. The van der Waals surface area contributed by atoms with Crippen LogP contribution in [-0.2, 0) is 25.8 Å². The molecule has 6 heteroatoms. The molecule has 0 saturated heterocycles. The van der Waals surface area contributed by atoms with Crippen LogP contribution in [0.1, 0.15) is 57.5 Å². The zero-order chi connectivity index (χ0) is 18.1. The Morgan fingerprint density at radius 1 is 0.920 bits per heavy atom. The van der Waals surface area contributed by atoms with Crippen LogP contribution in [0.3, 0.4) is 0 Å². The number of hydrogen-bond acceptors (Lipinski definition) is 5. The number of aromatic nitrogens is 4. The van der Waals surface area contributed by atoms with Crippen molar-refractivity contribution in [2.75, 3.05) is 13.2 Å². The highest BCUT2D eigenvalue weighted by Gasteiger charge is 2.13. The van der Waals surface area contributed by atoms with Crippen molar-refractivity contribution < 1.29 is 9.47 Å². The Bertz CT molecular complexity index is 655. The van der Waals surface area contributed by atoms with Crippen molar-refractivity contribution in [1.29, 1.82) is 0 Å². The molecule has 0 aliphatic heterocycles. The molecule has 1 heterocycles. The molecule has 0 saturated carbocycles. The second-order valence-corrected chi connectivity index (χ2v) is 5.96. The quantitative estimate of drug-likeness (QED) is 0.622. The molecule has 0 bridgehead atoms. The van der Waals surface area contributed by atoms with Crippen molar-refractivity contribution in [2.24, 2.45) is 0 Å². The number of aryl methyl sites for hydroxylation is 4. The third-order valence-corrected chi connectivity index (χ3v) is 4.17. The Balaban J connectivity index is 2.18. The SMILES string of the molecule is CCCCn1nnnc1CCc1cc(CC)c(OCC)cc1OCC. The Kier molecular flexibility index (Phi) is 7.70. The van der Waals surface area contributed by atoms with Gasteiger partial charge in [-0.3, -0.25) is 0 Å². The summed E-state index contributed by atoms with van der Waals surface area (Å²) in [6.07, 6.45) is 4.80. The van der Waals surface area contributed by atoms with Crippen LogP contribution in [0.4, 0.5) is 0 Å². The van der Waals surface area contributed by atoms with Crippen LogP contribution < -0.4 is 9.47 Å². The van der Waals surface area contributed by atoms with Gasteiger partial charge in [0.2, 0.25) is 0 Å². The zero-order valence-electron chi connectivity index (χ0n) is 15.9. The lowest BCUT2D eigenvalue weighted by atomic mass is 10.0. The molecule has 0 amide bonds. The molecule has 6 nitrogen and oxygen atoms in total. The third-order valence-electron chi connectivity index (χ3n) is 4.17. The van der Waals surface area contributed by atoms with E-state index in [4.69, 9.17) is 9.47 Å². The molecule has 138 valence electrons. The van der Waals surface area contributed by atoms with Crippen molar-refractivity contribution >= 4 is 0 Å². The number of nitrogens with zero attached hydrogens (tertiary/aromatic N) is 4. The molecule has 1 aromatic carbocycles. The van der Waals surface area contributed by atoms with Gasteiger partial charge >= 0.3 is 0 Å². The fourth-order valence-corrected chi connectivity index (χ4v) is 2.84. The van der Waals surface area contributed by atoms with E-state index in [2.05, 4.69) is 35.4 Å². The predicted octanol–water partition coefficient (Wildman–Crippen LogP) is 3.62. The molecule has 0 atom stereocenters. The summed E-state index contributed by atoms with van der Waals surface area (Å²) in [6.45, 7) is 10.5. The number of unbranched alkanes of at least 4 members (excludes halogenated alkanes) is 1. The summed E-state index contributed by atoms with van der Waals surface area (Å²) in [6, 6.07) is 4.23. The number of tetrazole rings is 1. The number of rotatable bonds is 11. The van der Waals surface area contributed by atoms with Crippen LogP contribution in [0.15, 0.2) is 12.1 Å². The van der Waals surface area contributed by atoms with Crippen LogP contribution in [0.2, 0.25) is 0 Å². The van der Waals surface area contributed by atoms with Crippen molar-refractivity contribution in [3.63, 3.8) is 0 Å².